The SMILES string of the molecule is CCC(NC(=O)c1ccc(Cl)cc1)[C@H]1[C@@H]2C[C@@H](n3cc(N(C)C)nn3)C[C@@H]21. The number of rotatable bonds is 6. The number of nitrogens with zero attached hydrogens (tertiary/aromatic N) is 4. The quantitative estimate of drug-likeness (QED) is 0.825. The van der Waals surface area contributed by atoms with Gasteiger partial charge in [0.25, 0.3) is 5.91 Å². The first-order valence-corrected chi connectivity index (χ1v) is 10.0. The molecule has 1 aromatic carbocycles. The number of amides is 1. The second kappa shape index (κ2) is 7.15. The van der Waals surface area contributed by atoms with Crippen molar-refractivity contribution in [3.63, 3.8) is 0 Å². The lowest BCUT2D eigenvalue weighted by molar-refractivity contribution is 0.0926. The molecular weight excluding hydrogens is 362 g/mol. The molecule has 2 aliphatic carbocycles. The Morgan fingerprint density at radius 1 is 1.30 bits per heavy atom. The van der Waals surface area contributed by atoms with Crippen molar-refractivity contribution in [2.75, 3.05) is 19.0 Å². The van der Waals surface area contributed by atoms with E-state index in [9.17, 15) is 4.79 Å². The lowest BCUT2D eigenvalue weighted by Crippen LogP contribution is -2.37. The highest BCUT2D eigenvalue weighted by Gasteiger charge is 2.59. The third kappa shape index (κ3) is 3.55. The molecule has 1 unspecified atom stereocenters. The van der Waals surface area contributed by atoms with E-state index >= 15 is 0 Å². The fourth-order valence-corrected chi connectivity index (χ4v) is 4.78. The van der Waals surface area contributed by atoms with E-state index < -0.39 is 0 Å². The van der Waals surface area contributed by atoms with Gasteiger partial charge in [0.1, 0.15) is 0 Å². The minimum absolute atomic E-state index is 0.00746. The van der Waals surface area contributed by atoms with Crippen molar-refractivity contribution in [1.29, 1.82) is 0 Å². The van der Waals surface area contributed by atoms with E-state index in [4.69, 9.17) is 11.6 Å². The molecule has 2 fully saturated rings. The van der Waals surface area contributed by atoms with Crippen LogP contribution in [0.2, 0.25) is 5.02 Å². The number of anilines is 1. The summed E-state index contributed by atoms with van der Waals surface area (Å²) in [5, 5.41) is 12.4. The largest absolute Gasteiger partial charge is 0.360 e. The molecular formula is C20H26ClN5O. The molecule has 144 valence electrons. The topological polar surface area (TPSA) is 63.1 Å². The summed E-state index contributed by atoms with van der Waals surface area (Å²) >= 11 is 5.91. The van der Waals surface area contributed by atoms with Gasteiger partial charge in [-0.3, -0.25) is 4.79 Å². The van der Waals surface area contributed by atoms with Crippen molar-refractivity contribution in [3.05, 3.63) is 41.0 Å². The Balaban J connectivity index is 1.35. The molecule has 6 nitrogen and oxygen atoms in total. The van der Waals surface area contributed by atoms with Crippen molar-refractivity contribution in [3.8, 4) is 0 Å². The third-order valence-corrected chi connectivity index (χ3v) is 6.40. The van der Waals surface area contributed by atoms with Crippen LogP contribution in [0.25, 0.3) is 0 Å². The first-order chi connectivity index (χ1) is 13.0. The van der Waals surface area contributed by atoms with Crippen LogP contribution >= 0.6 is 11.6 Å². The van der Waals surface area contributed by atoms with Gasteiger partial charge in [-0.15, -0.1) is 5.10 Å². The molecule has 2 aromatic rings. The average molecular weight is 388 g/mol. The molecule has 1 N–H and O–H groups in total. The fraction of sp³-hybridized carbons (Fsp3) is 0.550. The van der Waals surface area contributed by atoms with E-state index in [1.54, 1.807) is 24.3 Å². The summed E-state index contributed by atoms with van der Waals surface area (Å²) in [6.07, 6.45) is 5.23. The molecule has 2 saturated carbocycles. The van der Waals surface area contributed by atoms with E-state index in [1.807, 2.05) is 29.9 Å². The molecule has 4 rings (SSSR count). The molecule has 1 heterocycles. The fourth-order valence-electron chi connectivity index (χ4n) is 4.65. The molecule has 1 aromatic heterocycles. The summed E-state index contributed by atoms with van der Waals surface area (Å²) in [6.45, 7) is 2.15. The van der Waals surface area contributed by atoms with Gasteiger partial charge in [0.15, 0.2) is 5.82 Å². The summed E-state index contributed by atoms with van der Waals surface area (Å²) in [5.74, 6) is 2.83. The van der Waals surface area contributed by atoms with Gasteiger partial charge < -0.3 is 10.2 Å². The average Bonchev–Trinajstić information content (AvgIpc) is 3.05. The number of benzene rings is 1. The highest BCUT2D eigenvalue weighted by Crippen LogP contribution is 2.62. The number of halogens is 1. The Labute approximate surface area is 164 Å². The molecule has 0 aliphatic heterocycles. The second-order valence-electron chi connectivity index (χ2n) is 7.98. The number of fused-ring (bicyclic) bond motifs is 1. The van der Waals surface area contributed by atoms with E-state index in [0.29, 0.717) is 34.4 Å². The van der Waals surface area contributed by atoms with Gasteiger partial charge in [0.2, 0.25) is 0 Å². The Morgan fingerprint density at radius 3 is 2.52 bits per heavy atom. The zero-order valence-corrected chi connectivity index (χ0v) is 16.7. The predicted molar refractivity (Wildman–Crippen MR) is 106 cm³/mol. The van der Waals surface area contributed by atoms with Gasteiger partial charge in [-0.25, -0.2) is 4.68 Å². The highest BCUT2D eigenvalue weighted by atomic mass is 35.5. The molecule has 0 spiro atoms. The van der Waals surface area contributed by atoms with Crippen LogP contribution in [0.4, 0.5) is 5.82 Å². The maximum atomic E-state index is 12.5. The molecule has 0 radical (unpaired) electrons. The first-order valence-electron chi connectivity index (χ1n) is 9.63. The van der Waals surface area contributed by atoms with Crippen LogP contribution in [0.15, 0.2) is 30.5 Å². The number of carbonyl (C=O) groups excluding carboxylic acids is 1. The van der Waals surface area contributed by atoms with Gasteiger partial charge in [-0.05, 0) is 61.3 Å². The number of hydrogen-bond donors (Lipinski definition) is 1. The maximum Gasteiger partial charge on any atom is 0.251 e. The first kappa shape index (κ1) is 18.3. The smallest absolute Gasteiger partial charge is 0.251 e. The Hall–Kier alpha value is -2.08. The van der Waals surface area contributed by atoms with Crippen LogP contribution in [0.5, 0.6) is 0 Å². The summed E-state index contributed by atoms with van der Waals surface area (Å²) in [6, 6.07) is 7.74. The lowest BCUT2D eigenvalue weighted by Gasteiger charge is -2.21. The Kier molecular flexibility index (Phi) is 4.84. The second-order valence-corrected chi connectivity index (χ2v) is 8.41. The van der Waals surface area contributed by atoms with Crippen molar-refractivity contribution in [2.24, 2.45) is 17.8 Å². The van der Waals surface area contributed by atoms with E-state index in [-0.39, 0.29) is 11.9 Å². The minimum atomic E-state index is -0.00746. The molecule has 1 amide bonds. The monoisotopic (exact) mass is 387 g/mol. The van der Waals surface area contributed by atoms with Crippen LogP contribution in [-0.2, 0) is 0 Å². The van der Waals surface area contributed by atoms with Gasteiger partial charge >= 0.3 is 0 Å². The molecule has 0 bridgehead atoms. The highest BCUT2D eigenvalue weighted by molar-refractivity contribution is 6.30. The third-order valence-electron chi connectivity index (χ3n) is 6.14. The van der Waals surface area contributed by atoms with Gasteiger partial charge in [-0.2, -0.15) is 0 Å². The number of hydrogen-bond acceptors (Lipinski definition) is 4. The zero-order valence-electron chi connectivity index (χ0n) is 16.0. The van der Waals surface area contributed by atoms with Crippen LogP contribution in [0, 0.1) is 17.8 Å². The van der Waals surface area contributed by atoms with Gasteiger partial charge in [-0.1, -0.05) is 23.7 Å². The molecule has 5 atom stereocenters. The minimum Gasteiger partial charge on any atom is -0.360 e. The van der Waals surface area contributed by atoms with E-state index in [1.165, 1.54) is 0 Å². The number of nitrogens with one attached hydrogen (secondary N) is 1. The summed E-state index contributed by atoms with van der Waals surface area (Å²) in [5.41, 5.74) is 0.667. The van der Waals surface area contributed by atoms with E-state index in [0.717, 1.165) is 25.1 Å². The summed E-state index contributed by atoms with van der Waals surface area (Å²) in [4.78, 5) is 14.5. The summed E-state index contributed by atoms with van der Waals surface area (Å²) in [7, 11) is 3.96. The van der Waals surface area contributed by atoms with Crippen LogP contribution in [-0.4, -0.2) is 41.0 Å². The predicted octanol–water partition coefficient (Wildman–Crippen LogP) is 3.40. The van der Waals surface area contributed by atoms with Crippen molar-refractivity contribution in [2.45, 2.75) is 38.3 Å². The molecule has 27 heavy (non-hydrogen) atoms. The molecule has 2 aliphatic rings. The van der Waals surface area contributed by atoms with Crippen molar-refractivity contribution < 1.29 is 4.79 Å². The zero-order chi connectivity index (χ0) is 19.1. The summed E-state index contributed by atoms with van der Waals surface area (Å²) < 4.78 is 2.02. The molecule has 0 saturated heterocycles. The number of aromatic nitrogens is 3. The van der Waals surface area contributed by atoms with Gasteiger partial charge in [0, 0.05) is 30.7 Å². The van der Waals surface area contributed by atoms with Crippen molar-refractivity contribution >= 4 is 23.3 Å². The van der Waals surface area contributed by atoms with Crippen LogP contribution < -0.4 is 10.2 Å². The normalized spacial score (nSPS) is 27.1. The standard InChI is InChI=1S/C20H26ClN5O/c1-4-17(22-20(27)12-5-7-13(21)8-6-12)19-15-9-14(10-16(15)19)26-11-18(23-24-26)25(2)3/h5-8,11,14-17,19H,4,9-10H2,1-3H3,(H,22,27)/t14-,15-,16+,17?,19+. The van der Waals surface area contributed by atoms with Crippen molar-refractivity contribution in [1.82, 2.24) is 20.3 Å². The van der Waals surface area contributed by atoms with Gasteiger partial charge in [0.05, 0.1) is 12.2 Å². The van der Waals surface area contributed by atoms with E-state index in [2.05, 4.69) is 22.6 Å². The lowest BCUT2D eigenvalue weighted by atomic mass is 9.99. The van der Waals surface area contributed by atoms with Crippen LogP contribution in [0.3, 0.4) is 0 Å². The maximum absolute atomic E-state index is 12.5. The van der Waals surface area contributed by atoms with Crippen LogP contribution in [0.1, 0.15) is 42.6 Å². The Morgan fingerprint density at radius 2 is 1.96 bits per heavy atom. The number of carbonyl (C=O) groups is 1. The Bertz CT molecular complexity index is 806. The molecule has 7 heteroatoms.